The predicted octanol–water partition coefficient (Wildman–Crippen LogP) is 3.52. The number of benzene rings is 2. The zero-order chi connectivity index (χ0) is 17.8. The molecule has 0 aliphatic rings. The van der Waals surface area contributed by atoms with Crippen molar-refractivity contribution in [3.8, 4) is 17.1 Å². The Morgan fingerprint density at radius 2 is 1.92 bits per heavy atom. The molecule has 0 unspecified atom stereocenters. The quantitative estimate of drug-likeness (QED) is 0.610. The van der Waals surface area contributed by atoms with Gasteiger partial charge in [0.2, 0.25) is 11.1 Å². The van der Waals surface area contributed by atoms with E-state index in [0.29, 0.717) is 16.5 Å². The SMILES string of the molecule is Cc1cc(C)cc(NC(=O)CSc2n[nH]c(-c3ccccc3O)n2)c1. The molecule has 6 nitrogen and oxygen atoms in total. The number of aryl methyl sites for hydroxylation is 2. The highest BCUT2D eigenvalue weighted by atomic mass is 32.2. The molecule has 3 N–H and O–H groups in total. The zero-order valence-corrected chi connectivity index (χ0v) is 14.7. The van der Waals surface area contributed by atoms with Gasteiger partial charge in [-0.05, 0) is 49.2 Å². The van der Waals surface area contributed by atoms with Crippen LogP contribution < -0.4 is 5.32 Å². The standard InChI is InChI=1S/C18H18N4O2S/c1-11-7-12(2)9-13(8-11)19-16(24)10-25-18-20-17(21-22-18)14-5-3-4-6-15(14)23/h3-9,23H,10H2,1-2H3,(H,19,24)(H,20,21,22). The first-order valence-corrected chi connectivity index (χ1v) is 8.71. The van der Waals surface area contributed by atoms with E-state index >= 15 is 0 Å². The number of aromatic nitrogens is 3. The summed E-state index contributed by atoms with van der Waals surface area (Å²) in [6, 6.07) is 12.8. The second-order valence-electron chi connectivity index (χ2n) is 5.70. The van der Waals surface area contributed by atoms with E-state index < -0.39 is 0 Å². The summed E-state index contributed by atoms with van der Waals surface area (Å²) in [5.41, 5.74) is 3.56. The van der Waals surface area contributed by atoms with Crippen molar-refractivity contribution in [3.63, 3.8) is 0 Å². The lowest BCUT2D eigenvalue weighted by Crippen LogP contribution is -2.14. The number of nitrogens with zero attached hydrogens (tertiary/aromatic N) is 2. The maximum atomic E-state index is 12.1. The molecule has 7 heteroatoms. The van der Waals surface area contributed by atoms with Crippen LogP contribution in [0.15, 0.2) is 47.6 Å². The van der Waals surface area contributed by atoms with E-state index in [1.807, 2.05) is 32.0 Å². The highest BCUT2D eigenvalue weighted by Crippen LogP contribution is 2.27. The van der Waals surface area contributed by atoms with E-state index in [1.54, 1.807) is 18.2 Å². The fraction of sp³-hybridized carbons (Fsp3) is 0.167. The molecule has 1 aromatic heterocycles. The molecule has 128 valence electrons. The van der Waals surface area contributed by atoms with E-state index in [4.69, 9.17) is 0 Å². The molecule has 1 heterocycles. The first-order valence-electron chi connectivity index (χ1n) is 7.73. The van der Waals surface area contributed by atoms with Gasteiger partial charge in [-0.2, -0.15) is 0 Å². The van der Waals surface area contributed by atoms with Gasteiger partial charge in [0.05, 0.1) is 11.3 Å². The molecule has 0 atom stereocenters. The Labute approximate surface area is 149 Å². The second-order valence-corrected chi connectivity index (χ2v) is 6.64. The van der Waals surface area contributed by atoms with Gasteiger partial charge in [-0.15, -0.1) is 5.10 Å². The van der Waals surface area contributed by atoms with Gasteiger partial charge >= 0.3 is 0 Å². The Hall–Kier alpha value is -2.80. The fourth-order valence-electron chi connectivity index (χ4n) is 2.48. The lowest BCUT2D eigenvalue weighted by atomic mass is 10.1. The van der Waals surface area contributed by atoms with E-state index in [2.05, 4.69) is 26.6 Å². The number of H-pyrrole nitrogens is 1. The Bertz CT molecular complexity index is 887. The van der Waals surface area contributed by atoms with Crippen molar-refractivity contribution in [2.24, 2.45) is 0 Å². The third kappa shape index (κ3) is 4.39. The molecular weight excluding hydrogens is 336 g/mol. The number of nitrogens with one attached hydrogen (secondary N) is 2. The van der Waals surface area contributed by atoms with E-state index in [1.165, 1.54) is 11.8 Å². The number of amides is 1. The van der Waals surface area contributed by atoms with Crippen molar-refractivity contribution in [3.05, 3.63) is 53.6 Å². The Morgan fingerprint density at radius 1 is 1.20 bits per heavy atom. The average Bonchev–Trinajstić information content (AvgIpc) is 3.01. The summed E-state index contributed by atoms with van der Waals surface area (Å²) in [6.45, 7) is 3.98. The topological polar surface area (TPSA) is 90.9 Å². The van der Waals surface area contributed by atoms with Crippen molar-refractivity contribution in [2.75, 3.05) is 11.1 Å². The molecule has 0 bridgehead atoms. The highest BCUT2D eigenvalue weighted by molar-refractivity contribution is 7.99. The lowest BCUT2D eigenvalue weighted by molar-refractivity contribution is -0.113. The summed E-state index contributed by atoms with van der Waals surface area (Å²) < 4.78 is 0. The number of hydrogen-bond acceptors (Lipinski definition) is 5. The van der Waals surface area contributed by atoms with Crippen LogP contribution in [0.25, 0.3) is 11.4 Å². The van der Waals surface area contributed by atoms with Crippen LogP contribution in [-0.2, 0) is 4.79 Å². The number of para-hydroxylation sites is 1. The number of phenols is 1. The number of aromatic amines is 1. The van der Waals surface area contributed by atoms with Gasteiger partial charge in [0, 0.05) is 5.69 Å². The normalized spacial score (nSPS) is 10.6. The van der Waals surface area contributed by atoms with Crippen LogP contribution in [0.1, 0.15) is 11.1 Å². The van der Waals surface area contributed by atoms with E-state index in [9.17, 15) is 9.90 Å². The summed E-state index contributed by atoms with van der Waals surface area (Å²) >= 11 is 1.23. The first kappa shape index (κ1) is 17.0. The maximum absolute atomic E-state index is 12.1. The van der Waals surface area contributed by atoms with Crippen LogP contribution in [0.5, 0.6) is 5.75 Å². The predicted molar refractivity (Wildman–Crippen MR) is 98.8 cm³/mol. The minimum atomic E-state index is -0.121. The van der Waals surface area contributed by atoms with Crippen molar-refractivity contribution >= 4 is 23.4 Å². The van der Waals surface area contributed by atoms with E-state index in [-0.39, 0.29) is 17.4 Å². The molecule has 0 aliphatic heterocycles. The summed E-state index contributed by atoms with van der Waals surface area (Å²) in [4.78, 5) is 16.4. The van der Waals surface area contributed by atoms with Crippen molar-refractivity contribution in [2.45, 2.75) is 19.0 Å². The number of rotatable bonds is 5. The first-order chi connectivity index (χ1) is 12.0. The summed E-state index contributed by atoms with van der Waals surface area (Å²) in [5, 5.41) is 20.0. The van der Waals surface area contributed by atoms with Crippen LogP contribution in [0.4, 0.5) is 5.69 Å². The minimum absolute atomic E-state index is 0.121. The van der Waals surface area contributed by atoms with Gasteiger partial charge in [-0.25, -0.2) is 4.98 Å². The molecule has 0 spiro atoms. The van der Waals surface area contributed by atoms with Gasteiger partial charge < -0.3 is 10.4 Å². The van der Waals surface area contributed by atoms with E-state index in [0.717, 1.165) is 16.8 Å². The van der Waals surface area contributed by atoms with Crippen molar-refractivity contribution in [1.82, 2.24) is 15.2 Å². The molecule has 0 fully saturated rings. The smallest absolute Gasteiger partial charge is 0.234 e. The van der Waals surface area contributed by atoms with Gasteiger partial charge in [0.25, 0.3) is 0 Å². The van der Waals surface area contributed by atoms with Crippen molar-refractivity contribution in [1.29, 1.82) is 0 Å². The van der Waals surface area contributed by atoms with Crippen LogP contribution in [-0.4, -0.2) is 31.9 Å². The molecule has 0 saturated carbocycles. The molecule has 0 saturated heterocycles. The molecule has 2 aromatic carbocycles. The Balaban J connectivity index is 1.60. The number of anilines is 1. The molecule has 0 radical (unpaired) electrons. The van der Waals surface area contributed by atoms with Crippen LogP contribution in [0, 0.1) is 13.8 Å². The van der Waals surface area contributed by atoms with Gasteiger partial charge in [0.1, 0.15) is 5.75 Å². The summed E-state index contributed by atoms with van der Waals surface area (Å²) in [7, 11) is 0. The highest BCUT2D eigenvalue weighted by Gasteiger charge is 2.11. The molecule has 3 aromatic rings. The number of thioether (sulfide) groups is 1. The van der Waals surface area contributed by atoms with Crippen molar-refractivity contribution < 1.29 is 9.90 Å². The molecule has 3 rings (SSSR count). The maximum Gasteiger partial charge on any atom is 0.234 e. The number of carbonyl (C=O) groups excluding carboxylic acids is 1. The third-order valence-corrected chi connectivity index (χ3v) is 4.31. The molecule has 0 aliphatic carbocycles. The fourth-order valence-corrected chi connectivity index (χ4v) is 3.08. The molecule has 1 amide bonds. The van der Waals surface area contributed by atoms with Crippen LogP contribution in [0.2, 0.25) is 0 Å². The Morgan fingerprint density at radius 3 is 2.64 bits per heavy atom. The van der Waals surface area contributed by atoms with Gasteiger partial charge in [-0.3, -0.25) is 9.89 Å². The second kappa shape index (κ2) is 7.40. The molecular formula is C18H18N4O2S. The number of aromatic hydroxyl groups is 1. The number of hydrogen-bond donors (Lipinski definition) is 3. The molecule has 25 heavy (non-hydrogen) atoms. The largest absolute Gasteiger partial charge is 0.507 e. The zero-order valence-electron chi connectivity index (χ0n) is 13.9. The Kier molecular flexibility index (Phi) is 5.04. The average molecular weight is 354 g/mol. The summed E-state index contributed by atoms with van der Waals surface area (Å²) in [6.07, 6.45) is 0. The number of carbonyl (C=O) groups is 1. The lowest BCUT2D eigenvalue weighted by Gasteiger charge is -2.06. The third-order valence-electron chi connectivity index (χ3n) is 3.46. The minimum Gasteiger partial charge on any atom is -0.507 e. The van der Waals surface area contributed by atoms with Crippen LogP contribution >= 0.6 is 11.8 Å². The van der Waals surface area contributed by atoms with Gasteiger partial charge in [-0.1, -0.05) is 30.0 Å². The monoisotopic (exact) mass is 354 g/mol. The number of phenolic OH excluding ortho intramolecular Hbond substituents is 1. The summed E-state index contributed by atoms with van der Waals surface area (Å²) in [5.74, 6) is 0.674. The van der Waals surface area contributed by atoms with Gasteiger partial charge in [0.15, 0.2) is 5.82 Å². The van der Waals surface area contributed by atoms with Crippen LogP contribution in [0.3, 0.4) is 0 Å².